The molecule has 0 aromatic carbocycles. The minimum Gasteiger partial charge on any atom is -0.674 e. The Morgan fingerprint density at radius 3 is 2.00 bits per heavy atom. The van der Waals surface area contributed by atoms with Crippen molar-refractivity contribution >= 4 is 0 Å². The zero-order valence-corrected chi connectivity index (χ0v) is 15.9. The van der Waals surface area contributed by atoms with E-state index >= 15 is 0 Å². The minimum absolute atomic E-state index is 0. The quantitative estimate of drug-likeness (QED) is 0.716. The SMILES string of the molecule is CCC(CC)C([NH-])C1C(C)CC(C)C1O.[Ac]. The maximum absolute atomic E-state index is 10.1. The van der Waals surface area contributed by atoms with Crippen LogP contribution >= 0.6 is 0 Å². The van der Waals surface area contributed by atoms with Gasteiger partial charge in [-0.3, -0.25) is 0 Å². The van der Waals surface area contributed by atoms with Gasteiger partial charge in [-0.2, -0.15) is 0 Å². The smallest absolute Gasteiger partial charge is 0.0582 e. The molecule has 1 fully saturated rings. The van der Waals surface area contributed by atoms with Gasteiger partial charge in [0, 0.05) is 44.1 Å². The zero-order chi connectivity index (χ0) is 11.6. The Bertz CT molecular complexity index is 196. The molecule has 3 heteroatoms. The molecule has 1 rings (SSSR count). The predicted molar refractivity (Wildman–Crippen MR) is 64.6 cm³/mol. The number of hydrogen-bond donors (Lipinski definition) is 1. The fourth-order valence-electron chi connectivity index (χ4n) is 3.28. The standard InChI is InChI=1S/C13H26NO.Ac/c1-5-10(6-2)12(14)11-8(3)7-9(4)13(11)15;/h8-15H,5-7H2,1-4H3;/q-1;. The molecule has 0 aromatic heterocycles. The van der Waals surface area contributed by atoms with Crippen molar-refractivity contribution in [2.75, 3.05) is 0 Å². The number of nitrogens with one attached hydrogen (secondary N) is 1. The van der Waals surface area contributed by atoms with E-state index < -0.39 is 0 Å². The van der Waals surface area contributed by atoms with Crippen molar-refractivity contribution in [1.82, 2.24) is 0 Å². The van der Waals surface area contributed by atoms with E-state index in [0.717, 1.165) is 19.3 Å². The van der Waals surface area contributed by atoms with Crippen molar-refractivity contribution in [1.29, 1.82) is 0 Å². The Labute approximate surface area is 136 Å². The van der Waals surface area contributed by atoms with E-state index in [1.54, 1.807) is 0 Å². The first-order chi connectivity index (χ1) is 7.02. The molecule has 1 saturated carbocycles. The fraction of sp³-hybridized carbons (Fsp3) is 1.00. The molecule has 93 valence electrons. The van der Waals surface area contributed by atoms with Crippen LogP contribution in [0.4, 0.5) is 0 Å². The number of aliphatic hydroxyl groups excluding tert-OH is 1. The largest absolute Gasteiger partial charge is 0.674 e. The van der Waals surface area contributed by atoms with Crippen molar-refractivity contribution in [3.8, 4) is 0 Å². The Kier molecular flexibility index (Phi) is 8.38. The predicted octanol–water partition coefficient (Wildman–Crippen LogP) is 3.50. The summed E-state index contributed by atoms with van der Waals surface area (Å²) in [6, 6.07) is -0.0741. The number of aliphatic hydroxyl groups is 1. The third-order valence-corrected chi connectivity index (χ3v) is 4.35. The first kappa shape index (κ1) is 17.4. The van der Waals surface area contributed by atoms with Crippen LogP contribution in [0.15, 0.2) is 0 Å². The number of hydrogen-bond acceptors (Lipinski definition) is 1. The van der Waals surface area contributed by atoms with Crippen LogP contribution in [0, 0.1) is 67.7 Å². The summed E-state index contributed by atoms with van der Waals surface area (Å²) < 4.78 is 0. The summed E-state index contributed by atoms with van der Waals surface area (Å²) in [5, 5.41) is 10.1. The van der Waals surface area contributed by atoms with Crippen molar-refractivity contribution in [2.45, 2.75) is 59.1 Å². The molecule has 0 spiro atoms. The van der Waals surface area contributed by atoms with Gasteiger partial charge in [0.15, 0.2) is 0 Å². The summed E-state index contributed by atoms with van der Waals surface area (Å²) in [6.45, 7) is 8.62. The van der Waals surface area contributed by atoms with Crippen LogP contribution in [-0.4, -0.2) is 17.3 Å². The van der Waals surface area contributed by atoms with Crippen molar-refractivity contribution in [3.63, 3.8) is 0 Å². The molecule has 1 aliphatic rings. The van der Waals surface area contributed by atoms with E-state index in [-0.39, 0.29) is 62.1 Å². The second-order valence-corrected chi connectivity index (χ2v) is 5.36. The van der Waals surface area contributed by atoms with Crippen molar-refractivity contribution in [2.24, 2.45) is 23.7 Å². The molecular formula is C13H26AcNO-. The molecule has 0 aliphatic heterocycles. The van der Waals surface area contributed by atoms with Gasteiger partial charge in [-0.05, 0) is 24.2 Å². The van der Waals surface area contributed by atoms with Gasteiger partial charge in [0.05, 0.1) is 6.10 Å². The summed E-state index contributed by atoms with van der Waals surface area (Å²) in [6.07, 6.45) is 2.97. The molecule has 2 N–H and O–H groups in total. The van der Waals surface area contributed by atoms with Gasteiger partial charge in [0.25, 0.3) is 0 Å². The average molecular weight is 439 g/mol. The third-order valence-electron chi connectivity index (χ3n) is 4.35. The van der Waals surface area contributed by atoms with E-state index in [4.69, 9.17) is 5.73 Å². The van der Waals surface area contributed by atoms with Gasteiger partial charge in [0.1, 0.15) is 0 Å². The van der Waals surface area contributed by atoms with Crippen LogP contribution in [-0.2, 0) is 0 Å². The summed E-state index contributed by atoms with van der Waals surface area (Å²) in [5.41, 5.74) is 8.32. The first-order valence-corrected chi connectivity index (χ1v) is 6.42. The van der Waals surface area contributed by atoms with E-state index in [1.165, 1.54) is 0 Å². The molecule has 0 aromatic rings. The molecule has 1 aliphatic carbocycles. The van der Waals surface area contributed by atoms with Crippen LogP contribution in [0.2, 0.25) is 0 Å². The van der Waals surface area contributed by atoms with Gasteiger partial charge in [-0.15, -0.1) is 6.04 Å². The molecule has 0 bridgehead atoms. The minimum atomic E-state index is -0.247. The summed E-state index contributed by atoms with van der Waals surface area (Å²) in [4.78, 5) is 0. The Balaban J connectivity index is 0.00000225. The summed E-state index contributed by atoms with van der Waals surface area (Å²) in [5.74, 6) is 1.55. The topological polar surface area (TPSA) is 44.0 Å². The van der Waals surface area contributed by atoms with Crippen molar-refractivity contribution < 1.29 is 49.2 Å². The number of rotatable bonds is 4. The van der Waals surface area contributed by atoms with Gasteiger partial charge < -0.3 is 10.8 Å². The van der Waals surface area contributed by atoms with Gasteiger partial charge in [-0.1, -0.05) is 46.5 Å². The van der Waals surface area contributed by atoms with E-state index in [2.05, 4.69) is 27.7 Å². The third kappa shape index (κ3) is 3.68. The Morgan fingerprint density at radius 2 is 1.69 bits per heavy atom. The molecule has 16 heavy (non-hydrogen) atoms. The zero-order valence-electron chi connectivity index (χ0n) is 11.1. The summed E-state index contributed by atoms with van der Waals surface area (Å²) >= 11 is 0. The van der Waals surface area contributed by atoms with Gasteiger partial charge in [0.2, 0.25) is 0 Å². The molecule has 1 radical (unpaired) electrons. The maximum Gasteiger partial charge on any atom is 0.0582 e. The Morgan fingerprint density at radius 1 is 1.19 bits per heavy atom. The van der Waals surface area contributed by atoms with Crippen LogP contribution in [0.1, 0.15) is 47.0 Å². The van der Waals surface area contributed by atoms with Crippen molar-refractivity contribution in [3.05, 3.63) is 5.73 Å². The first-order valence-electron chi connectivity index (χ1n) is 6.42. The maximum atomic E-state index is 10.1. The van der Waals surface area contributed by atoms with Crippen LogP contribution in [0.5, 0.6) is 0 Å². The molecule has 5 atom stereocenters. The van der Waals surface area contributed by atoms with Crippen LogP contribution in [0.3, 0.4) is 0 Å². The van der Waals surface area contributed by atoms with E-state index in [0.29, 0.717) is 17.8 Å². The molecular weight excluding hydrogens is 413 g/mol. The summed E-state index contributed by atoms with van der Waals surface area (Å²) in [7, 11) is 0. The van der Waals surface area contributed by atoms with E-state index in [1.807, 2.05) is 0 Å². The Hall–Kier alpha value is 1.36. The van der Waals surface area contributed by atoms with E-state index in [9.17, 15) is 5.11 Å². The molecule has 0 saturated heterocycles. The average Bonchev–Trinajstić information content (AvgIpc) is 2.43. The second-order valence-electron chi connectivity index (χ2n) is 5.36. The fourth-order valence-corrected chi connectivity index (χ4v) is 3.28. The van der Waals surface area contributed by atoms with Crippen LogP contribution < -0.4 is 0 Å². The second kappa shape index (κ2) is 7.72. The van der Waals surface area contributed by atoms with Gasteiger partial charge in [-0.25, -0.2) is 0 Å². The monoisotopic (exact) mass is 439 g/mol. The van der Waals surface area contributed by atoms with Gasteiger partial charge >= 0.3 is 0 Å². The molecule has 0 heterocycles. The normalized spacial score (nSPS) is 36.2. The molecule has 5 unspecified atom stereocenters. The van der Waals surface area contributed by atoms with Crippen LogP contribution in [0.25, 0.3) is 5.73 Å². The molecule has 0 amide bonds. The molecule has 2 nitrogen and oxygen atoms in total.